The average molecular weight is 500 g/mol. The van der Waals surface area contributed by atoms with Crippen molar-refractivity contribution in [3.63, 3.8) is 0 Å². The van der Waals surface area contributed by atoms with Gasteiger partial charge in [0.2, 0.25) is 0 Å². The van der Waals surface area contributed by atoms with Gasteiger partial charge in [0.25, 0.3) is 0 Å². The van der Waals surface area contributed by atoms with Gasteiger partial charge >= 0.3 is 5.97 Å². The molecule has 4 rings (SSSR count). The van der Waals surface area contributed by atoms with Gasteiger partial charge in [-0.15, -0.1) is 0 Å². The number of hydrogen-bond donors (Lipinski definition) is 0. The lowest BCUT2D eigenvalue weighted by molar-refractivity contribution is -0.154. The highest BCUT2D eigenvalue weighted by molar-refractivity contribution is 5.70. The van der Waals surface area contributed by atoms with Crippen LogP contribution in [0.1, 0.15) is 62.5 Å². The molecule has 37 heavy (non-hydrogen) atoms. The molecule has 7 heteroatoms. The lowest BCUT2D eigenvalue weighted by Gasteiger charge is -2.23. The van der Waals surface area contributed by atoms with Crippen molar-refractivity contribution >= 4 is 5.97 Å². The first kappa shape index (κ1) is 26.3. The zero-order valence-corrected chi connectivity index (χ0v) is 21.7. The van der Waals surface area contributed by atoms with E-state index in [4.69, 9.17) is 19.2 Å². The van der Waals surface area contributed by atoms with Gasteiger partial charge in [-0.1, -0.05) is 24.3 Å². The van der Waals surface area contributed by atoms with Crippen molar-refractivity contribution < 1.29 is 19.0 Å². The SMILES string of the molecule is CC(C)(C)OC(=O)CCc1ccc(Cc2nccc(-c3ccc(OC4CCOCC4)c(C#N)c3)n2)cc1. The first-order valence-corrected chi connectivity index (χ1v) is 12.7. The third-order valence-electron chi connectivity index (χ3n) is 5.99. The maximum atomic E-state index is 12.0. The highest BCUT2D eigenvalue weighted by Crippen LogP contribution is 2.27. The summed E-state index contributed by atoms with van der Waals surface area (Å²) < 4.78 is 16.8. The first-order valence-electron chi connectivity index (χ1n) is 12.7. The highest BCUT2D eigenvalue weighted by Gasteiger charge is 2.18. The molecule has 0 spiro atoms. The number of rotatable bonds is 8. The first-order chi connectivity index (χ1) is 17.8. The number of nitrogens with zero attached hydrogens (tertiary/aromatic N) is 3. The maximum Gasteiger partial charge on any atom is 0.306 e. The third-order valence-corrected chi connectivity index (χ3v) is 5.99. The molecule has 0 unspecified atom stereocenters. The Labute approximate surface area is 218 Å². The monoisotopic (exact) mass is 499 g/mol. The second-order valence-corrected chi connectivity index (χ2v) is 10.2. The smallest absolute Gasteiger partial charge is 0.306 e. The van der Waals surface area contributed by atoms with Crippen LogP contribution in [0.25, 0.3) is 11.3 Å². The predicted octanol–water partition coefficient (Wildman–Crippen LogP) is 5.44. The van der Waals surface area contributed by atoms with E-state index in [1.165, 1.54) is 0 Å². The fourth-order valence-corrected chi connectivity index (χ4v) is 4.14. The highest BCUT2D eigenvalue weighted by atomic mass is 16.6. The van der Waals surface area contributed by atoms with Gasteiger partial charge in [0.15, 0.2) is 0 Å². The molecule has 3 aromatic rings. The molecule has 7 nitrogen and oxygen atoms in total. The Hall–Kier alpha value is -3.76. The maximum absolute atomic E-state index is 12.0. The number of nitriles is 1. The third kappa shape index (κ3) is 7.86. The molecule has 0 atom stereocenters. The molecular formula is C30H33N3O4. The van der Waals surface area contributed by atoms with Gasteiger partial charge in [0.05, 0.1) is 24.5 Å². The van der Waals surface area contributed by atoms with E-state index in [1.807, 2.05) is 69.3 Å². The zero-order chi connectivity index (χ0) is 26.3. The summed E-state index contributed by atoms with van der Waals surface area (Å²) in [6.07, 6.45) is 5.03. The molecule has 0 amide bonds. The van der Waals surface area contributed by atoms with Gasteiger partial charge in [-0.3, -0.25) is 4.79 Å². The molecule has 2 heterocycles. The number of ether oxygens (including phenoxy) is 3. The number of carbonyl (C=O) groups is 1. The molecule has 1 aromatic heterocycles. The molecule has 2 aromatic carbocycles. The van der Waals surface area contributed by atoms with Crippen molar-refractivity contribution in [1.82, 2.24) is 9.97 Å². The summed E-state index contributed by atoms with van der Waals surface area (Å²) in [7, 11) is 0. The van der Waals surface area contributed by atoms with Crippen LogP contribution in [0.3, 0.4) is 0 Å². The summed E-state index contributed by atoms with van der Waals surface area (Å²) >= 11 is 0. The van der Waals surface area contributed by atoms with E-state index in [-0.39, 0.29) is 12.1 Å². The van der Waals surface area contributed by atoms with Crippen LogP contribution >= 0.6 is 0 Å². The Morgan fingerprint density at radius 2 is 1.81 bits per heavy atom. The van der Waals surface area contributed by atoms with Crippen LogP contribution in [0.5, 0.6) is 5.75 Å². The lowest BCUT2D eigenvalue weighted by Crippen LogP contribution is -2.26. The molecule has 0 aliphatic carbocycles. The molecule has 0 bridgehead atoms. The van der Waals surface area contributed by atoms with E-state index in [0.29, 0.717) is 49.6 Å². The second kappa shape index (κ2) is 12.0. The fraction of sp³-hybridized carbons (Fsp3) is 0.400. The van der Waals surface area contributed by atoms with Gasteiger partial charge in [0.1, 0.15) is 29.3 Å². The van der Waals surface area contributed by atoms with Crippen molar-refractivity contribution in [2.45, 2.75) is 64.6 Å². The summed E-state index contributed by atoms with van der Waals surface area (Å²) in [6, 6.07) is 17.8. The summed E-state index contributed by atoms with van der Waals surface area (Å²) in [6.45, 7) is 6.98. The van der Waals surface area contributed by atoms with E-state index in [2.05, 4.69) is 11.1 Å². The Bertz CT molecular complexity index is 1250. The van der Waals surface area contributed by atoms with Gasteiger partial charge in [-0.2, -0.15) is 5.26 Å². The number of esters is 1. The lowest BCUT2D eigenvalue weighted by atomic mass is 10.0. The molecule has 0 N–H and O–H groups in total. The fourth-order valence-electron chi connectivity index (χ4n) is 4.14. The summed E-state index contributed by atoms with van der Waals surface area (Å²) in [5.74, 6) is 1.10. The molecule has 0 radical (unpaired) electrons. The van der Waals surface area contributed by atoms with Crippen LogP contribution in [0.15, 0.2) is 54.7 Å². The van der Waals surface area contributed by atoms with E-state index >= 15 is 0 Å². The molecule has 1 fully saturated rings. The largest absolute Gasteiger partial charge is 0.489 e. The number of benzene rings is 2. The quantitative estimate of drug-likeness (QED) is 0.381. The molecular weight excluding hydrogens is 466 g/mol. The Morgan fingerprint density at radius 1 is 1.08 bits per heavy atom. The Balaban J connectivity index is 1.39. The van der Waals surface area contributed by atoms with Crippen LogP contribution in [0.2, 0.25) is 0 Å². The Kier molecular flexibility index (Phi) is 8.52. The average Bonchev–Trinajstić information content (AvgIpc) is 2.88. The molecule has 1 saturated heterocycles. The number of aromatic nitrogens is 2. The second-order valence-electron chi connectivity index (χ2n) is 10.2. The van der Waals surface area contributed by atoms with Crippen molar-refractivity contribution in [2.24, 2.45) is 0 Å². The summed E-state index contributed by atoms with van der Waals surface area (Å²) in [4.78, 5) is 21.1. The molecule has 192 valence electrons. The standard InChI is InChI=1S/C30H33N3O4/c1-30(2,3)37-29(34)11-8-21-4-6-22(7-5-21)18-28-32-15-12-26(33-28)23-9-10-27(24(19-23)20-31)36-25-13-16-35-17-14-25/h4-7,9-10,12,15,19,25H,8,11,13-14,16-18H2,1-3H3. The van der Waals surface area contributed by atoms with Crippen molar-refractivity contribution in [2.75, 3.05) is 13.2 Å². The van der Waals surface area contributed by atoms with E-state index in [1.54, 1.807) is 6.20 Å². The molecule has 1 aliphatic rings. The van der Waals surface area contributed by atoms with Gasteiger partial charge in [0, 0.05) is 37.4 Å². The molecule has 1 aliphatic heterocycles. The topological polar surface area (TPSA) is 94.3 Å². The predicted molar refractivity (Wildman–Crippen MR) is 140 cm³/mol. The minimum atomic E-state index is -0.466. The van der Waals surface area contributed by atoms with Crippen LogP contribution in [0, 0.1) is 11.3 Å². The van der Waals surface area contributed by atoms with Gasteiger partial charge in [-0.05, 0) is 62.6 Å². The van der Waals surface area contributed by atoms with Gasteiger partial charge in [-0.25, -0.2) is 9.97 Å². The zero-order valence-electron chi connectivity index (χ0n) is 21.7. The van der Waals surface area contributed by atoms with E-state index in [9.17, 15) is 10.1 Å². The van der Waals surface area contributed by atoms with E-state index in [0.717, 1.165) is 35.2 Å². The number of carbonyl (C=O) groups excluding carboxylic acids is 1. The number of aryl methyl sites for hydroxylation is 1. The minimum absolute atomic E-state index is 0.0704. The minimum Gasteiger partial charge on any atom is -0.489 e. The number of hydrogen-bond acceptors (Lipinski definition) is 7. The summed E-state index contributed by atoms with van der Waals surface area (Å²) in [5.41, 5.74) is 3.79. The van der Waals surface area contributed by atoms with Crippen molar-refractivity contribution in [3.05, 3.63) is 77.2 Å². The normalized spacial score (nSPS) is 14.1. The van der Waals surface area contributed by atoms with Crippen LogP contribution in [0.4, 0.5) is 0 Å². The van der Waals surface area contributed by atoms with Crippen LogP contribution in [-0.4, -0.2) is 40.9 Å². The van der Waals surface area contributed by atoms with Crippen molar-refractivity contribution in [1.29, 1.82) is 5.26 Å². The van der Waals surface area contributed by atoms with E-state index < -0.39 is 5.60 Å². The van der Waals surface area contributed by atoms with Crippen LogP contribution < -0.4 is 4.74 Å². The van der Waals surface area contributed by atoms with Crippen molar-refractivity contribution in [3.8, 4) is 23.1 Å². The summed E-state index contributed by atoms with van der Waals surface area (Å²) in [5, 5.41) is 9.70. The van der Waals surface area contributed by atoms with Crippen LogP contribution in [-0.2, 0) is 27.1 Å². The molecule has 0 saturated carbocycles. The Morgan fingerprint density at radius 3 is 2.51 bits per heavy atom. The van der Waals surface area contributed by atoms with Gasteiger partial charge < -0.3 is 14.2 Å².